The molecule has 4 heterocycles. The van der Waals surface area contributed by atoms with Crippen molar-refractivity contribution in [3.63, 3.8) is 0 Å². The third-order valence-electron chi connectivity index (χ3n) is 4.31. The van der Waals surface area contributed by atoms with Gasteiger partial charge in [0.25, 0.3) is 5.78 Å². The zero-order valence-electron chi connectivity index (χ0n) is 14.5. The first-order valence-corrected chi connectivity index (χ1v) is 8.11. The minimum absolute atomic E-state index is 0.437. The molecule has 0 radical (unpaired) electrons. The Labute approximate surface area is 145 Å². The van der Waals surface area contributed by atoms with E-state index in [1.165, 1.54) is 6.33 Å². The molecule has 1 aliphatic rings. The van der Waals surface area contributed by atoms with Crippen molar-refractivity contribution in [2.75, 3.05) is 37.5 Å². The average molecular weight is 340 g/mol. The predicted octanol–water partition coefficient (Wildman–Crippen LogP) is 0.689. The van der Waals surface area contributed by atoms with Crippen LogP contribution < -0.4 is 9.80 Å². The summed E-state index contributed by atoms with van der Waals surface area (Å²) in [5, 5.41) is 4.33. The molecule has 3 aromatic rings. The third-order valence-corrected chi connectivity index (χ3v) is 4.31. The molecule has 9 nitrogen and oxygen atoms in total. The highest BCUT2D eigenvalue weighted by Crippen LogP contribution is 2.28. The Bertz CT molecular complexity index is 906. The van der Waals surface area contributed by atoms with Crippen molar-refractivity contribution in [2.45, 2.75) is 19.6 Å². The first-order chi connectivity index (χ1) is 12.2. The van der Waals surface area contributed by atoms with Crippen LogP contribution in [0.3, 0.4) is 0 Å². The SMILES string of the molecule is COCc1cc(N2CCc3ncnc(N(C)C)c3C2)n2ncnc2n1. The molecular formula is C16H20N8O. The maximum atomic E-state index is 5.24. The summed E-state index contributed by atoms with van der Waals surface area (Å²) < 4.78 is 7.00. The van der Waals surface area contributed by atoms with E-state index in [1.54, 1.807) is 18.0 Å². The quantitative estimate of drug-likeness (QED) is 0.686. The van der Waals surface area contributed by atoms with Crippen molar-refractivity contribution in [2.24, 2.45) is 0 Å². The van der Waals surface area contributed by atoms with E-state index in [-0.39, 0.29) is 0 Å². The van der Waals surface area contributed by atoms with Gasteiger partial charge in [0.1, 0.15) is 24.3 Å². The molecule has 0 saturated carbocycles. The molecule has 4 rings (SSSR count). The molecule has 1 aliphatic heterocycles. The standard InChI is InChI=1S/C16H20N8O/c1-22(2)15-12-7-23(5-4-13(12)17-9-18-15)14-6-11(8-25-3)21-16-19-10-20-24(14)16/h6,9-10H,4-5,7-8H2,1-3H3. The monoisotopic (exact) mass is 340 g/mol. The first kappa shape index (κ1) is 15.7. The molecule has 0 spiro atoms. The van der Waals surface area contributed by atoms with Gasteiger partial charge in [-0.05, 0) is 0 Å². The third kappa shape index (κ3) is 2.76. The van der Waals surface area contributed by atoms with E-state index in [2.05, 4.69) is 29.9 Å². The summed E-state index contributed by atoms with van der Waals surface area (Å²) in [5.41, 5.74) is 3.09. The van der Waals surface area contributed by atoms with E-state index in [0.29, 0.717) is 12.4 Å². The van der Waals surface area contributed by atoms with E-state index in [1.807, 2.05) is 25.1 Å². The van der Waals surface area contributed by atoms with Crippen LogP contribution in [0.2, 0.25) is 0 Å². The molecule has 9 heteroatoms. The molecule has 25 heavy (non-hydrogen) atoms. The van der Waals surface area contributed by atoms with Gasteiger partial charge in [-0.15, -0.1) is 0 Å². The Morgan fingerprint density at radius 1 is 1.20 bits per heavy atom. The second-order valence-electron chi connectivity index (χ2n) is 6.20. The van der Waals surface area contributed by atoms with Crippen LogP contribution in [0.25, 0.3) is 5.78 Å². The van der Waals surface area contributed by atoms with Gasteiger partial charge < -0.3 is 14.5 Å². The molecular weight excluding hydrogens is 320 g/mol. The summed E-state index contributed by atoms with van der Waals surface area (Å²) in [4.78, 5) is 21.9. The Morgan fingerprint density at radius 3 is 2.88 bits per heavy atom. The predicted molar refractivity (Wildman–Crippen MR) is 92.6 cm³/mol. The molecule has 0 bridgehead atoms. The van der Waals surface area contributed by atoms with E-state index >= 15 is 0 Å². The van der Waals surface area contributed by atoms with E-state index in [9.17, 15) is 0 Å². The normalized spacial score (nSPS) is 14.0. The van der Waals surface area contributed by atoms with Crippen LogP contribution >= 0.6 is 0 Å². The fraction of sp³-hybridized carbons (Fsp3) is 0.438. The molecule has 0 fully saturated rings. The molecule has 3 aromatic heterocycles. The van der Waals surface area contributed by atoms with Gasteiger partial charge >= 0.3 is 0 Å². The summed E-state index contributed by atoms with van der Waals surface area (Å²) in [7, 11) is 5.66. The van der Waals surface area contributed by atoms with Gasteiger partial charge in [0.2, 0.25) is 0 Å². The number of nitrogens with zero attached hydrogens (tertiary/aromatic N) is 8. The topological polar surface area (TPSA) is 84.6 Å². The lowest BCUT2D eigenvalue weighted by atomic mass is 10.1. The summed E-state index contributed by atoms with van der Waals surface area (Å²) >= 11 is 0. The molecule has 0 atom stereocenters. The van der Waals surface area contributed by atoms with Crippen molar-refractivity contribution in [3.8, 4) is 0 Å². The Kier molecular flexibility index (Phi) is 3.92. The van der Waals surface area contributed by atoms with Crippen LogP contribution in [0.5, 0.6) is 0 Å². The Hall–Kier alpha value is -2.81. The van der Waals surface area contributed by atoms with Crippen LogP contribution in [0.1, 0.15) is 17.0 Å². The first-order valence-electron chi connectivity index (χ1n) is 8.11. The number of rotatable bonds is 4. The van der Waals surface area contributed by atoms with Gasteiger partial charge in [0.15, 0.2) is 0 Å². The molecule has 0 N–H and O–H groups in total. The number of methoxy groups -OCH3 is 1. The smallest absolute Gasteiger partial charge is 0.254 e. The molecule has 0 aliphatic carbocycles. The highest BCUT2D eigenvalue weighted by Gasteiger charge is 2.24. The van der Waals surface area contributed by atoms with Crippen molar-refractivity contribution in [3.05, 3.63) is 35.7 Å². The number of ether oxygens (including phenoxy) is 1. The number of hydrogen-bond donors (Lipinski definition) is 0. The average Bonchev–Trinajstić information content (AvgIpc) is 3.08. The van der Waals surface area contributed by atoms with Gasteiger partial charge in [0.05, 0.1) is 18.0 Å². The van der Waals surface area contributed by atoms with Crippen molar-refractivity contribution in [1.82, 2.24) is 29.5 Å². The van der Waals surface area contributed by atoms with Gasteiger partial charge in [-0.3, -0.25) is 0 Å². The fourth-order valence-electron chi connectivity index (χ4n) is 3.20. The largest absolute Gasteiger partial charge is 0.378 e. The van der Waals surface area contributed by atoms with Crippen molar-refractivity contribution < 1.29 is 4.74 Å². The van der Waals surface area contributed by atoms with Gasteiger partial charge in [0, 0.05) is 52.3 Å². The summed E-state index contributed by atoms with van der Waals surface area (Å²) in [6, 6.07) is 2.01. The highest BCUT2D eigenvalue weighted by molar-refractivity contribution is 5.54. The fourth-order valence-corrected chi connectivity index (χ4v) is 3.20. The van der Waals surface area contributed by atoms with Gasteiger partial charge in [-0.25, -0.2) is 15.0 Å². The van der Waals surface area contributed by atoms with Gasteiger partial charge in [-0.2, -0.15) is 14.6 Å². The Balaban J connectivity index is 1.77. The van der Waals surface area contributed by atoms with Crippen LogP contribution in [0, 0.1) is 0 Å². The second kappa shape index (κ2) is 6.25. The summed E-state index contributed by atoms with van der Waals surface area (Å²) in [6.45, 7) is 2.00. The molecule has 0 saturated heterocycles. The van der Waals surface area contributed by atoms with Crippen LogP contribution in [0.15, 0.2) is 18.7 Å². The molecule has 130 valence electrons. The van der Waals surface area contributed by atoms with Crippen LogP contribution in [-0.2, 0) is 24.3 Å². The minimum atomic E-state index is 0.437. The van der Waals surface area contributed by atoms with Crippen molar-refractivity contribution in [1.29, 1.82) is 0 Å². The lowest BCUT2D eigenvalue weighted by Crippen LogP contribution is -2.34. The van der Waals surface area contributed by atoms with Crippen LogP contribution in [-0.4, -0.2) is 57.3 Å². The zero-order chi connectivity index (χ0) is 17.4. The zero-order valence-corrected chi connectivity index (χ0v) is 14.5. The summed E-state index contributed by atoms with van der Waals surface area (Å²) in [6.07, 6.45) is 4.02. The number of hydrogen-bond acceptors (Lipinski definition) is 8. The van der Waals surface area contributed by atoms with E-state index in [0.717, 1.165) is 48.1 Å². The van der Waals surface area contributed by atoms with Gasteiger partial charge in [-0.1, -0.05) is 0 Å². The molecule has 0 unspecified atom stereocenters. The second-order valence-corrected chi connectivity index (χ2v) is 6.20. The number of aromatic nitrogens is 6. The molecule has 0 aromatic carbocycles. The lowest BCUT2D eigenvalue weighted by molar-refractivity contribution is 0.181. The summed E-state index contributed by atoms with van der Waals surface area (Å²) in [5.74, 6) is 2.48. The van der Waals surface area contributed by atoms with E-state index in [4.69, 9.17) is 4.74 Å². The minimum Gasteiger partial charge on any atom is -0.378 e. The molecule has 0 amide bonds. The maximum Gasteiger partial charge on any atom is 0.254 e. The maximum absolute atomic E-state index is 5.24. The van der Waals surface area contributed by atoms with E-state index < -0.39 is 0 Å². The number of fused-ring (bicyclic) bond motifs is 2. The van der Waals surface area contributed by atoms with Crippen LogP contribution in [0.4, 0.5) is 11.6 Å². The highest BCUT2D eigenvalue weighted by atomic mass is 16.5. The Morgan fingerprint density at radius 2 is 2.08 bits per heavy atom. The number of anilines is 2. The lowest BCUT2D eigenvalue weighted by Gasteiger charge is -2.32. The van der Waals surface area contributed by atoms with Crippen molar-refractivity contribution >= 4 is 17.4 Å².